The average Bonchev–Trinajstić information content (AvgIpc) is 3.42. The molecule has 2 aromatic carbocycles. The Bertz CT molecular complexity index is 1200. The summed E-state index contributed by atoms with van der Waals surface area (Å²) in [6.45, 7) is -0.0648. The Kier molecular flexibility index (Phi) is 3.72. The Morgan fingerprint density at radius 2 is 1.74 bits per heavy atom. The molecule has 0 aliphatic rings. The molecule has 5 rings (SSSR count). The van der Waals surface area contributed by atoms with Crippen LogP contribution in [0.5, 0.6) is 0 Å². The first-order valence-electron chi connectivity index (χ1n) is 8.24. The topological polar surface area (TPSA) is 78.4 Å². The molecule has 0 saturated heterocycles. The van der Waals surface area contributed by atoms with Crippen molar-refractivity contribution in [2.24, 2.45) is 0 Å². The lowest BCUT2D eigenvalue weighted by Crippen LogP contribution is -2.04. The number of hydrogen-bond acceptors (Lipinski definition) is 7. The molecule has 0 atom stereocenters. The minimum atomic E-state index is -0.579. The number of ether oxygens (including phenoxy) is 1. The number of esters is 1. The maximum atomic E-state index is 12.2. The summed E-state index contributed by atoms with van der Waals surface area (Å²) in [5.41, 5.74) is 2.27. The summed E-state index contributed by atoms with van der Waals surface area (Å²) < 4.78 is 17.5. The van der Waals surface area contributed by atoms with Gasteiger partial charge in [-0.15, -0.1) is 11.3 Å². The summed E-state index contributed by atoms with van der Waals surface area (Å²) in [7, 11) is 0. The van der Waals surface area contributed by atoms with E-state index in [1.807, 2.05) is 48.5 Å². The lowest BCUT2D eigenvalue weighted by molar-refractivity contribution is 0.0405. The van der Waals surface area contributed by atoms with Gasteiger partial charge in [0.2, 0.25) is 11.7 Å². The highest BCUT2D eigenvalue weighted by molar-refractivity contribution is 7.21. The molecule has 7 heteroatoms. The number of benzene rings is 2. The van der Waals surface area contributed by atoms with Crippen LogP contribution in [0.3, 0.4) is 0 Å². The molecular weight excluding hydrogens is 364 g/mol. The van der Waals surface area contributed by atoms with E-state index in [-0.39, 0.29) is 12.4 Å². The van der Waals surface area contributed by atoms with Crippen molar-refractivity contribution in [2.45, 2.75) is 6.61 Å². The van der Waals surface area contributed by atoms with E-state index in [1.54, 1.807) is 12.1 Å². The van der Waals surface area contributed by atoms with Gasteiger partial charge in [0.05, 0.1) is 10.2 Å². The van der Waals surface area contributed by atoms with Gasteiger partial charge in [0.1, 0.15) is 5.52 Å². The number of nitrogens with zero attached hydrogens (tertiary/aromatic N) is 2. The predicted octanol–water partition coefficient (Wildman–Crippen LogP) is 5.05. The van der Waals surface area contributed by atoms with Gasteiger partial charge < -0.3 is 13.6 Å². The number of furan rings is 1. The van der Waals surface area contributed by atoms with Crippen molar-refractivity contribution in [1.82, 2.24) is 9.97 Å². The fourth-order valence-electron chi connectivity index (χ4n) is 2.72. The number of aromatic nitrogens is 2. The molecule has 3 heterocycles. The lowest BCUT2D eigenvalue weighted by atomic mass is 10.3. The van der Waals surface area contributed by atoms with Gasteiger partial charge in [-0.1, -0.05) is 24.3 Å². The highest BCUT2D eigenvalue weighted by atomic mass is 32.1. The predicted molar refractivity (Wildman–Crippen MR) is 100 cm³/mol. The third-order valence-electron chi connectivity index (χ3n) is 3.98. The standard InChI is InChI=1S/C20H12N2O4S/c23-20(24-11-18-21-12-5-1-3-7-14(12)26-18)16-10-9-15(25-16)19-22-13-6-2-4-8-17(13)27-19/h1-10H,11H2. The van der Waals surface area contributed by atoms with Crippen molar-refractivity contribution < 1.29 is 18.4 Å². The Balaban J connectivity index is 1.32. The molecule has 0 aliphatic heterocycles. The van der Waals surface area contributed by atoms with Gasteiger partial charge in [0.15, 0.2) is 23.0 Å². The van der Waals surface area contributed by atoms with Crippen molar-refractivity contribution >= 4 is 38.6 Å². The van der Waals surface area contributed by atoms with Crippen LogP contribution in [0.15, 0.2) is 69.5 Å². The number of thiazole rings is 1. The number of fused-ring (bicyclic) bond motifs is 2. The second-order valence-corrected chi connectivity index (χ2v) is 6.83. The Morgan fingerprint density at radius 1 is 0.926 bits per heavy atom. The van der Waals surface area contributed by atoms with Gasteiger partial charge >= 0.3 is 5.97 Å². The number of carbonyl (C=O) groups excluding carboxylic acids is 1. The summed E-state index contributed by atoms with van der Waals surface area (Å²) in [6.07, 6.45) is 0. The number of rotatable bonds is 4. The second kappa shape index (κ2) is 6.37. The first kappa shape index (κ1) is 15.8. The van der Waals surface area contributed by atoms with Crippen LogP contribution < -0.4 is 0 Å². The molecule has 0 unspecified atom stereocenters. The maximum absolute atomic E-state index is 12.2. The summed E-state index contributed by atoms with van der Waals surface area (Å²) >= 11 is 1.51. The molecule has 0 amide bonds. The maximum Gasteiger partial charge on any atom is 0.374 e. The SMILES string of the molecule is O=C(OCc1nc2ccccc2o1)c1ccc(-c2nc3ccccc3s2)o1. The molecule has 0 bridgehead atoms. The van der Waals surface area contributed by atoms with E-state index in [1.165, 1.54) is 11.3 Å². The third kappa shape index (κ3) is 2.98. The van der Waals surface area contributed by atoms with Crippen LogP contribution in [0, 0.1) is 0 Å². The average molecular weight is 376 g/mol. The Hall–Kier alpha value is -3.45. The summed E-state index contributed by atoms with van der Waals surface area (Å²) in [5, 5.41) is 0.717. The fourth-order valence-corrected chi connectivity index (χ4v) is 3.65. The van der Waals surface area contributed by atoms with Gasteiger partial charge in [-0.3, -0.25) is 0 Å². The Labute approximate surface area is 157 Å². The van der Waals surface area contributed by atoms with Crippen LogP contribution in [-0.2, 0) is 11.3 Å². The second-order valence-electron chi connectivity index (χ2n) is 5.80. The number of hydrogen-bond donors (Lipinski definition) is 0. The quantitative estimate of drug-likeness (QED) is 0.408. The monoisotopic (exact) mass is 376 g/mol. The van der Waals surface area contributed by atoms with Crippen LogP contribution in [0.1, 0.15) is 16.4 Å². The van der Waals surface area contributed by atoms with E-state index >= 15 is 0 Å². The molecule has 132 valence electrons. The number of para-hydroxylation sites is 3. The summed E-state index contributed by atoms with van der Waals surface area (Å²) in [4.78, 5) is 21.0. The van der Waals surface area contributed by atoms with Gasteiger partial charge in [-0.2, -0.15) is 0 Å². The molecule has 27 heavy (non-hydrogen) atoms. The molecule has 0 spiro atoms. The van der Waals surface area contributed by atoms with Gasteiger partial charge in [-0.25, -0.2) is 14.8 Å². The zero-order valence-corrected chi connectivity index (χ0v) is 14.7. The van der Waals surface area contributed by atoms with E-state index in [2.05, 4.69) is 9.97 Å². The molecule has 0 radical (unpaired) electrons. The number of oxazole rings is 1. The van der Waals surface area contributed by atoms with Crippen LogP contribution in [0.25, 0.3) is 32.1 Å². The van der Waals surface area contributed by atoms with E-state index in [9.17, 15) is 4.79 Å². The van der Waals surface area contributed by atoms with Crippen LogP contribution in [0.2, 0.25) is 0 Å². The van der Waals surface area contributed by atoms with Crippen molar-refractivity contribution in [3.8, 4) is 10.8 Å². The molecule has 0 saturated carbocycles. The fraction of sp³-hybridized carbons (Fsp3) is 0.0500. The van der Waals surface area contributed by atoms with Gasteiger partial charge in [0, 0.05) is 0 Å². The molecule has 0 fully saturated rings. The van der Waals surface area contributed by atoms with Crippen molar-refractivity contribution in [3.63, 3.8) is 0 Å². The molecule has 0 N–H and O–H groups in total. The molecular formula is C20H12N2O4S. The molecule has 0 aliphatic carbocycles. The van der Waals surface area contributed by atoms with Crippen molar-refractivity contribution in [2.75, 3.05) is 0 Å². The molecule has 5 aromatic rings. The summed E-state index contributed by atoms with van der Waals surface area (Å²) in [5.74, 6) is 0.400. The van der Waals surface area contributed by atoms with Crippen molar-refractivity contribution in [1.29, 1.82) is 0 Å². The minimum absolute atomic E-state index is 0.0648. The Morgan fingerprint density at radius 3 is 2.59 bits per heavy atom. The minimum Gasteiger partial charge on any atom is -0.450 e. The largest absolute Gasteiger partial charge is 0.450 e. The third-order valence-corrected chi connectivity index (χ3v) is 5.03. The lowest BCUT2D eigenvalue weighted by Gasteiger charge is -1.98. The number of carbonyl (C=O) groups is 1. The smallest absolute Gasteiger partial charge is 0.374 e. The summed E-state index contributed by atoms with van der Waals surface area (Å²) in [6, 6.07) is 18.5. The van der Waals surface area contributed by atoms with Crippen LogP contribution in [0.4, 0.5) is 0 Å². The van der Waals surface area contributed by atoms with Crippen LogP contribution in [-0.4, -0.2) is 15.9 Å². The van der Waals surface area contributed by atoms with Gasteiger partial charge in [-0.05, 0) is 36.4 Å². The highest BCUT2D eigenvalue weighted by Gasteiger charge is 2.17. The van der Waals surface area contributed by atoms with E-state index in [0.717, 1.165) is 15.7 Å². The van der Waals surface area contributed by atoms with Crippen LogP contribution >= 0.6 is 11.3 Å². The zero-order chi connectivity index (χ0) is 18.2. The van der Waals surface area contributed by atoms with E-state index in [4.69, 9.17) is 13.6 Å². The normalized spacial score (nSPS) is 11.3. The van der Waals surface area contributed by atoms with Gasteiger partial charge in [0.25, 0.3) is 0 Å². The first-order chi connectivity index (χ1) is 13.3. The zero-order valence-electron chi connectivity index (χ0n) is 13.9. The van der Waals surface area contributed by atoms with Crippen molar-refractivity contribution in [3.05, 3.63) is 72.3 Å². The first-order valence-corrected chi connectivity index (χ1v) is 9.05. The molecule has 3 aromatic heterocycles. The van der Waals surface area contributed by atoms with E-state index in [0.29, 0.717) is 22.2 Å². The highest BCUT2D eigenvalue weighted by Crippen LogP contribution is 2.31. The molecule has 6 nitrogen and oxygen atoms in total. The van der Waals surface area contributed by atoms with E-state index < -0.39 is 5.97 Å².